The third-order valence-electron chi connectivity index (χ3n) is 2.44. The Morgan fingerprint density at radius 2 is 1.85 bits per heavy atom. The molecule has 1 rings (SSSR count). The molecule has 13 heavy (non-hydrogen) atoms. The molecule has 1 saturated heterocycles. The summed E-state index contributed by atoms with van der Waals surface area (Å²) in [6.07, 6.45) is 4.43. The number of thioether (sulfide) groups is 1. The van der Waals surface area contributed by atoms with Crippen LogP contribution in [0.2, 0.25) is 0 Å². The van der Waals surface area contributed by atoms with Gasteiger partial charge in [0.25, 0.3) is 0 Å². The van der Waals surface area contributed by atoms with E-state index in [-0.39, 0.29) is 11.0 Å². The molecule has 0 atom stereocenters. The third kappa shape index (κ3) is 4.28. The summed E-state index contributed by atoms with van der Waals surface area (Å²) in [6.45, 7) is 2.62. The Hall–Kier alpha value is 0.190. The smallest absolute Gasteiger partial charge is 0.0472 e. The molecule has 0 amide bonds. The fraction of sp³-hybridized carbons (Fsp3) is 1.00. The number of hydrogen-bond acceptors (Lipinski definition) is 3. The minimum atomic E-state index is 0. The van der Waals surface area contributed by atoms with Gasteiger partial charge in [-0.25, -0.2) is 0 Å². The zero-order valence-electron chi connectivity index (χ0n) is 8.14. The molecule has 0 bridgehead atoms. The molecule has 0 aromatic carbocycles. The molecule has 0 spiro atoms. The molecular weight excluding hydrogens is 190 g/mol. The zero-order valence-corrected chi connectivity index (χ0v) is 8.95. The highest BCUT2D eigenvalue weighted by Gasteiger charge is 2.30. The van der Waals surface area contributed by atoms with Crippen LogP contribution < -0.4 is 5.73 Å². The van der Waals surface area contributed by atoms with Gasteiger partial charge in [-0.05, 0) is 31.1 Å². The Bertz CT molecular complexity index is 112. The molecule has 5 heteroatoms. The molecule has 82 valence electrons. The summed E-state index contributed by atoms with van der Waals surface area (Å²) in [7, 11) is 0. The van der Waals surface area contributed by atoms with Gasteiger partial charge in [-0.1, -0.05) is 0 Å². The number of ether oxygens (including phenoxy) is 1. The van der Waals surface area contributed by atoms with Crippen LogP contribution in [0.3, 0.4) is 0 Å². The summed E-state index contributed by atoms with van der Waals surface area (Å²) in [5.41, 5.74) is 6.14. The molecule has 1 aliphatic heterocycles. The van der Waals surface area contributed by atoms with Gasteiger partial charge in [0, 0.05) is 19.0 Å². The van der Waals surface area contributed by atoms with Gasteiger partial charge in [0.1, 0.15) is 0 Å². The Labute approximate surface area is 83.8 Å². The first-order chi connectivity index (χ1) is 5.33. The van der Waals surface area contributed by atoms with Gasteiger partial charge in [-0.3, -0.25) is 0 Å². The lowest BCUT2D eigenvalue weighted by molar-refractivity contribution is 0.0304. The summed E-state index contributed by atoms with van der Waals surface area (Å²) >= 11 is 1.90. The average Bonchev–Trinajstić information content (AvgIpc) is 2.07. The van der Waals surface area contributed by atoms with E-state index in [1.807, 2.05) is 11.8 Å². The molecule has 4 nitrogen and oxygen atoms in total. The summed E-state index contributed by atoms with van der Waals surface area (Å²) in [5.74, 6) is 1.19. The highest BCUT2D eigenvalue weighted by atomic mass is 32.2. The van der Waals surface area contributed by atoms with Crippen LogP contribution in [0.5, 0.6) is 0 Å². The maximum Gasteiger partial charge on any atom is 0.0472 e. The quantitative estimate of drug-likeness (QED) is 0.678. The minimum Gasteiger partial charge on any atom is -0.412 e. The molecule has 6 N–H and O–H groups in total. The van der Waals surface area contributed by atoms with Crippen molar-refractivity contribution < 1.29 is 15.7 Å². The van der Waals surface area contributed by atoms with Crippen molar-refractivity contribution in [1.82, 2.24) is 0 Å². The predicted octanol–water partition coefficient (Wildman–Crippen LogP) is -0.544. The monoisotopic (exact) mass is 211 g/mol. The van der Waals surface area contributed by atoms with Gasteiger partial charge in [0.2, 0.25) is 0 Å². The number of hydrogen-bond donors (Lipinski definition) is 1. The van der Waals surface area contributed by atoms with Crippen molar-refractivity contribution in [3.05, 3.63) is 0 Å². The molecule has 1 heterocycles. The second-order valence-corrected chi connectivity index (χ2v) is 4.12. The van der Waals surface area contributed by atoms with E-state index in [1.54, 1.807) is 0 Å². The van der Waals surface area contributed by atoms with Crippen LogP contribution in [-0.2, 0) is 4.74 Å². The maximum absolute atomic E-state index is 5.76. The standard InChI is InChI=1S/C8H17NOS.2H2O/c1-11-7-8(6-9)2-4-10-5-3-8;;/h2-7,9H2,1H3;2*1H2. The van der Waals surface area contributed by atoms with E-state index >= 15 is 0 Å². The van der Waals surface area contributed by atoms with Crippen LogP contribution in [0.4, 0.5) is 0 Å². The lowest BCUT2D eigenvalue weighted by Crippen LogP contribution is -2.38. The first kappa shape index (κ1) is 15.7. The molecule has 0 saturated carbocycles. The number of rotatable bonds is 3. The lowest BCUT2D eigenvalue weighted by Gasteiger charge is -2.35. The van der Waals surface area contributed by atoms with Crippen LogP contribution in [0, 0.1) is 5.41 Å². The Morgan fingerprint density at radius 1 is 1.31 bits per heavy atom. The topological polar surface area (TPSA) is 98.2 Å². The second kappa shape index (κ2) is 7.58. The van der Waals surface area contributed by atoms with Gasteiger partial charge in [-0.15, -0.1) is 0 Å². The van der Waals surface area contributed by atoms with Gasteiger partial charge < -0.3 is 21.4 Å². The largest absolute Gasteiger partial charge is 0.412 e. The maximum atomic E-state index is 5.76. The highest BCUT2D eigenvalue weighted by Crippen LogP contribution is 2.31. The lowest BCUT2D eigenvalue weighted by atomic mass is 9.82. The molecular formula is C8H21NO3S. The number of nitrogens with two attached hydrogens (primary N) is 1. The van der Waals surface area contributed by atoms with E-state index < -0.39 is 0 Å². The Morgan fingerprint density at radius 3 is 2.23 bits per heavy atom. The summed E-state index contributed by atoms with van der Waals surface area (Å²) < 4.78 is 5.31. The first-order valence-electron chi connectivity index (χ1n) is 4.10. The van der Waals surface area contributed by atoms with Crippen molar-refractivity contribution in [3.8, 4) is 0 Å². The van der Waals surface area contributed by atoms with Crippen molar-refractivity contribution in [1.29, 1.82) is 0 Å². The molecule has 0 aromatic rings. The normalized spacial score (nSPS) is 19.8. The summed E-state index contributed by atoms with van der Waals surface area (Å²) in [4.78, 5) is 0. The van der Waals surface area contributed by atoms with Gasteiger partial charge >= 0.3 is 0 Å². The van der Waals surface area contributed by atoms with E-state index in [0.717, 1.165) is 32.6 Å². The fourth-order valence-corrected chi connectivity index (χ4v) is 2.54. The summed E-state index contributed by atoms with van der Waals surface area (Å²) in [6, 6.07) is 0. The molecule has 0 aliphatic carbocycles. The second-order valence-electron chi connectivity index (χ2n) is 3.25. The molecule has 1 fully saturated rings. The van der Waals surface area contributed by atoms with Crippen molar-refractivity contribution in [2.75, 3.05) is 31.8 Å². The SMILES string of the molecule is CSCC1(CN)CCOCC1.O.O. The third-order valence-corrected chi connectivity index (χ3v) is 3.34. The van der Waals surface area contributed by atoms with Gasteiger partial charge in [-0.2, -0.15) is 11.8 Å². The van der Waals surface area contributed by atoms with Gasteiger partial charge in [0.05, 0.1) is 0 Å². The van der Waals surface area contributed by atoms with Crippen molar-refractivity contribution in [2.24, 2.45) is 11.1 Å². The Kier molecular flexibility index (Phi) is 9.13. The van der Waals surface area contributed by atoms with Crippen LogP contribution in [0.15, 0.2) is 0 Å². The molecule has 0 aromatic heterocycles. The predicted molar refractivity (Wildman–Crippen MR) is 57.2 cm³/mol. The van der Waals surface area contributed by atoms with Crippen LogP contribution in [0.1, 0.15) is 12.8 Å². The van der Waals surface area contributed by atoms with Crippen molar-refractivity contribution in [3.63, 3.8) is 0 Å². The van der Waals surface area contributed by atoms with Gasteiger partial charge in [0.15, 0.2) is 0 Å². The average molecular weight is 211 g/mol. The zero-order chi connectivity index (χ0) is 8.16. The molecule has 0 radical (unpaired) electrons. The fourth-order valence-electron chi connectivity index (χ4n) is 1.52. The van der Waals surface area contributed by atoms with Crippen LogP contribution in [-0.4, -0.2) is 42.7 Å². The van der Waals surface area contributed by atoms with E-state index in [9.17, 15) is 0 Å². The minimum absolute atomic E-state index is 0. The summed E-state index contributed by atoms with van der Waals surface area (Å²) in [5, 5.41) is 0. The Balaban J connectivity index is 0. The molecule has 1 aliphatic rings. The van der Waals surface area contributed by atoms with E-state index in [1.165, 1.54) is 5.75 Å². The highest BCUT2D eigenvalue weighted by molar-refractivity contribution is 7.98. The van der Waals surface area contributed by atoms with Crippen molar-refractivity contribution >= 4 is 11.8 Å². The molecule has 0 unspecified atom stereocenters. The van der Waals surface area contributed by atoms with E-state index in [4.69, 9.17) is 10.5 Å². The van der Waals surface area contributed by atoms with Crippen LogP contribution in [0.25, 0.3) is 0 Å². The first-order valence-corrected chi connectivity index (χ1v) is 5.49. The van der Waals surface area contributed by atoms with E-state index in [0.29, 0.717) is 5.41 Å². The van der Waals surface area contributed by atoms with Crippen molar-refractivity contribution in [2.45, 2.75) is 12.8 Å². The van der Waals surface area contributed by atoms with Crippen LogP contribution >= 0.6 is 11.8 Å². The van der Waals surface area contributed by atoms with E-state index in [2.05, 4.69) is 6.26 Å².